The first-order chi connectivity index (χ1) is 8.99. The first-order valence-electron chi connectivity index (χ1n) is 6.58. The first-order valence-corrected chi connectivity index (χ1v) is 6.95. The number of halogens is 1. The number of aryl methyl sites for hydroxylation is 2. The van der Waals surface area contributed by atoms with Crippen LogP contribution >= 0.6 is 11.6 Å². The third-order valence-electron chi connectivity index (χ3n) is 3.42. The van der Waals surface area contributed by atoms with Crippen LogP contribution < -0.4 is 0 Å². The number of rotatable bonds is 3. The van der Waals surface area contributed by atoms with E-state index in [4.69, 9.17) is 11.6 Å². The molecule has 0 aliphatic carbocycles. The fraction of sp³-hybridized carbons (Fsp3) is 0.500. The summed E-state index contributed by atoms with van der Waals surface area (Å²) < 4.78 is 1.89. The van der Waals surface area contributed by atoms with Crippen LogP contribution in [0.4, 0.5) is 0 Å². The van der Waals surface area contributed by atoms with Crippen molar-refractivity contribution in [3.63, 3.8) is 0 Å². The van der Waals surface area contributed by atoms with E-state index in [1.807, 2.05) is 25.5 Å². The van der Waals surface area contributed by atoms with Gasteiger partial charge in [-0.05, 0) is 32.8 Å². The van der Waals surface area contributed by atoms with Gasteiger partial charge in [0.25, 0.3) is 0 Å². The lowest BCUT2D eigenvalue weighted by Gasteiger charge is -2.10. The fourth-order valence-corrected chi connectivity index (χ4v) is 2.46. The zero-order valence-corrected chi connectivity index (χ0v) is 12.8. The lowest BCUT2D eigenvalue weighted by molar-refractivity contribution is 0.773. The third-order valence-corrected chi connectivity index (χ3v) is 3.79. The number of hydrogen-bond donors (Lipinski definition) is 0. The zero-order chi connectivity index (χ0) is 14.2. The monoisotopic (exact) mass is 278 g/mol. The summed E-state index contributed by atoms with van der Waals surface area (Å²) in [6.07, 6.45) is 1.73. The van der Waals surface area contributed by atoms with Gasteiger partial charge in [-0.25, -0.2) is 14.6 Å². The third kappa shape index (κ3) is 2.37. The van der Waals surface area contributed by atoms with Crippen LogP contribution in [0.5, 0.6) is 0 Å². The SMILES string of the molecule is CCc1nc(Cl)c(C)c(-n2nc(C)c(CC)c2C)n1. The molecule has 0 saturated heterocycles. The summed E-state index contributed by atoms with van der Waals surface area (Å²) in [7, 11) is 0. The Kier molecular flexibility index (Phi) is 3.90. The molecule has 2 aromatic rings. The van der Waals surface area contributed by atoms with Gasteiger partial charge in [0.2, 0.25) is 0 Å². The molecule has 0 unspecified atom stereocenters. The van der Waals surface area contributed by atoms with Gasteiger partial charge in [0, 0.05) is 17.7 Å². The molecule has 0 aromatic carbocycles. The first kappa shape index (κ1) is 14.0. The maximum absolute atomic E-state index is 6.19. The second-order valence-electron chi connectivity index (χ2n) is 4.65. The van der Waals surface area contributed by atoms with E-state index in [9.17, 15) is 0 Å². The highest BCUT2D eigenvalue weighted by Crippen LogP contribution is 2.23. The van der Waals surface area contributed by atoms with Gasteiger partial charge in [-0.3, -0.25) is 0 Å². The van der Waals surface area contributed by atoms with Gasteiger partial charge in [0.05, 0.1) is 5.69 Å². The van der Waals surface area contributed by atoms with Crippen molar-refractivity contribution in [1.29, 1.82) is 0 Å². The molecule has 2 heterocycles. The van der Waals surface area contributed by atoms with Crippen molar-refractivity contribution in [3.8, 4) is 5.82 Å². The van der Waals surface area contributed by atoms with Crippen molar-refractivity contribution < 1.29 is 0 Å². The molecular formula is C14H19ClN4. The Bertz CT molecular complexity index is 616. The topological polar surface area (TPSA) is 43.6 Å². The minimum Gasteiger partial charge on any atom is -0.221 e. The molecule has 0 radical (unpaired) electrons. The van der Waals surface area contributed by atoms with E-state index < -0.39 is 0 Å². The maximum atomic E-state index is 6.19. The Morgan fingerprint density at radius 1 is 1.05 bits per heavy atom. The minimum atomic E-state index is 0.507. The molecule has 0 amide bonds. The van der Waals surface area contributed by atoms with Crippen LogP contribution in [-0.4, -0.2) is 19.7 Å². The van der Waals surface area contributed by atoms with E-state index in [-0.39, 0.29) is 0 Å². The largest absolute Gasteiger partial charge is 0.221 e. The van der Waals surface area contributed by atoms with E-state index in [1.165, 1.54) is 5.56 Å². The summed E-state index contributed by atoms with van der Waals surface area (Å²) in [4.78, 5) is 8.85. The van der Waals surface area contributed by atoms with E-state index in [2.05, 4.69) is 28.9 Å². The molecular weight excluding hydrogens is 260 g/mol. The molecule has 2 aromatic heterocycles. The Labute approximate surface area is 118 Å². The second kappa shape index (κ2) is 5.29. The van der Waals surface area contributed by atoms with Gasteiger partial charge in [-0.2, -0.15) is 5.10 Å². The lowest BCUT2D eigenvalue weighted by Crippen LogP contribution is -2.09. The van der Waals surface area contributed by atoms with Gasteiger partial charge < -0.3 is 0 Å². The van der Waals surface area contributed by atoms with Crippen molar-refractivity contribution in [2.24, 2.45) is 0 Å². The van der Waals surface area contributed by atoms with Crippen molar-refractivity contribution in [2.75, 3.05) is 0 Å². The van der Waals surface area contributed by atoms with E-state index >= 15 is 0 Å². The molecule has 0 atom stereocenters. The molecule has 19 heavy (non-hydrogen) atoms. The molecule has 102 valence electrons. The summed E-state index contributed by atoms with van der Waals surface area (Å²) in [6, 6.07) is 0. The van der Waals surface area contributed by atoms with E-state index in [0.29, 0.717) is 5.15 Å². The molecule has 0 fully saturated rings. The summed E-state index contributed by atoms with van der Waals surface area (Å²) >= 11 is 6.19. The minimum absolute atomic E-state index is 0.507. The molecule has 0 aliphatic heterocycles. The van der Waals surface area contributed by atoms with Gasteiger partial charge >= 0.3 is 0 Å². The molecule has 0 aliphatic rings. The van der Waals surface area contributed by atoms with Crippen molar-refractivity contribution in [3.05, 3.63) is 33.5 Å². The molecule has 0 bridgehead atoms. The molecule has 0 spiro atoms. The van der Waals surface area contributed by atoms with Crippen LogP contribution in [0.3, 0.4) is 0 Å². The van der Waals surface area contributed by atoms with Crippen molar-refractivity contribution in [1.82, 2.24) is 19.7 Å². The Balaban J connectivity index is 2.68. The highest BCUT2D eigenvalue weighted by Gasteiger charge is 2.16. The summed E-state index contributed by atoms with van der Waals surface area (Å²) in [6.45, 7) is 10.2. The average molecular weight is 279 g/mol. The smallest absolute Gasteiger partial charge is 0.161 e. The molecule has 5 heteroatoms. The highest BCUT2D eigenvalue weighted by atomic mass is 35.5. The molecule has 4 nitrogen and oxygen atoms in total. The summed E-state index contributed by atoms with van der Waals surface area (Å²) in [5.74, 6) is 1.54. The predicted octanol–water partition coefficient (Wildman–Crippen LogP) is 3.37. The zero-order valence-electron chi connectivity index (χ0n) is 12.1. The van der Waals surface area contributed by atoms with Crippen LogP contribution in [-0.2, 0) is 12.8 Å². The second-order valence-corrected chi connectivity index (χ2v) is 5.01. The van der Waals surface area contributed by atoms with Gasteiger partial charge in [-0.1, -0.05) is 25.4 Å². The van der Waals surface area contributed by atoms with Crippen molar-refractivity contribution >= 4 is 11.6 Å². The van der Waals surface area contributed by atoms with Gasteiger partial charge in [0.1, 0.15) is 11.0 Å². The molecule has 0 N–H and O–H groups in total. The Morgan fingerprint density at radius 3 is 2.26 bits per heavy atom. The Hall–Kier alpha value is -1.42. The van der Waals surface area contributed by atoms with E-state index in [1.54, 1.807) is 0 Å². The standard InChI is InChI=1S/C14H19ClN4/c1-6-11-9(4)18-19(10(11)5)14-8(3)13(15)16-12(7-2)17-14/h6-7H2,1-5H3. The predicted molar refractivity (Wildman–Crippen MR) is 77.1 cm³/mol. The fourth-order valence-electron chi connectivity index (χ4n) is 2.28. The lowest BCUT2D eigenvalue weighted by atomic mass is 10.1. The van der Waals surface area contributed by atoms with Crippen LogP contribution in [0, 0.1) is 20.8 Å². The van der Waals surface area contributed by atoms with Crippen molar-refractivity contribution in [2.45, 2.75) is 47.5 Å². The van der Waals surface area contributed by atoms with E-state index in [0.717, 1.165) is 41.4 Å². The number of nitrogens with zero attached hydrogens (tertiary/aromatic N) is 4. The summed E-state index contributed by atoms with van der Waals surface area (Å²) in [5.41, 5.74) is 4.31. The maximum Gasteiger partial charge on any atom is 0.161 e. The van der Waals surface area contributed by atoms with Gasteiger partial charge in [0.15, 0.2) is 5.82 Å². The van der Waals surface area contributed by atoms with Crippen LogP contribution in [0.2, 0.25) is 5.15 Å². The average Bonchev–Trinajstić information content (AvgIpc) is 2.67. The highest BCUT2D eigenvalue weighted by molar-refractivity contribution is 6.30. The normalized spacial score (nSPS) is 11.1. The van der Waals surface area contributed by atoms with Crippen LogP contribution in [0.1, 0.15) is 42.2 Å². The Morgan fingerprint density at radius 2 is 1.74 bits per heavy atom. The quantitative estimate of drug-likeness (QED) is 0.809. The summed E-state index contributed by atoms with van der Waals surface area (Å²) in [5, 5.41) is 5.10. The molecule has 2 rings (SSSR count). The van der Waals surface area contributed by atoms with Crippen LogP contribution in [0.25, 0.3) is 5.82 Å². The van der Waals surface area contributed by atoms with Crippen LogP contribution in [0.15, 0.2) is 0 Å². The van der Waals surface area contributed by atoms with Gasteiger partial charge in [-0.15, -0.1) is 0 Å². The number of hydrogen-bond acceptors (Lipinski definition) is 3. The molecule has 0 saturated carbocycles. The number of aromatic nitrogens is 4.